The van der Waals surface area contributed by atoms with Crippen molar-refractivity contribution >= 4 is 39.1 Å². The summed E-state index contributed by atoms with van der Waals surface area (Å²) in [6, 6.07) is 15.2. The molecule has 0 saturated heterocycles. The fourth-order valence-corrected chi connectivity index (χ4v) is 4.24. The minimum absolute atomic E-state index is 0.275. The fraction of sp³-hybridized carbons (Fsp3) is 0.391. The molecular formula is C23H30ClN3O4S. The van der Waals surface area contributed by atoms with Gasteiger partial charge in [0.2, 0.25) is 21.8 Å². The number of amides is 2. The SMILES string of the molecule is CCCNC(=O)C(C)N(CCc1ccccc1)C(=O)CN(c1cccc(Cl)c1)S(C)(=O)=O. The van der Waals surface area contributed by atoms with Gasteiger partial charge >= 0.3 is 0 Å². The molecule has 0 heterocycles. The third kappa shape index (κ3) is 7.53. The Morgan fingerprint density at radius 1 is 1.09 bits per heavy atom. The average molecular weight is 480 g/mol. The standard InChI is InChI=1S/C23H30ClN3O4S/c1-4-14-25-23(29)18(2)26(15-13-19-9-6-5-7-10-19)22(28)17-27(32(3,30)31)21-12-8-11-20(24)16-21/h5-12,16,18H,4,13-15,17H2,1-3H3,(H,25,29). The van der Waals surface area contributed by atoms with Crippen LogP contribution in [-0.2, 0) is 26.0 Å². The van der Waals surface area contributed by atoms with Gasteiger partial charge in [0.05, 0.1) is 11.9 Å². The zero-order valence-corrected chi connectivity index (χ0v) is 20.2. The van der Waals surface area contributed by atoms with Crippen LogP contribution in [-0.4, -0.2) is 57.1 Å². The second-order valence-corrected chi connectivity index (χ2v) is 9.88. The second kappa shape index (κ2) is 11.9. The molecular weight excluding hydrogens is 450 g/mol. The number of halogens is 1. The Hall–Kier alpha value is -2.58. The van der Waals surface area contributed by atoms with E-state index in [1.165, 1.54) is 11.0 Å². The van der Waals surface area contributed by atoms with E-state index in [0.29, 0.717) is 23.7 Å². The molecule has 0 radical (unpaired) electrons. The van der Waals surface area contributed by atoms with Crippen molar-refractivity contribution in [2.24, 2.45) is 0 Å². The van der Waals surface area contributed by atoms with Gasteiger partial charge in [-0.15, -0.1) is 0 Å². The van der Waals surface area contributed by atoms with Gasteiger partial charge in [0.1, 0.15) is 12.6 Å². The molecule has 0 aliphatic rings. The highest BCUT2D eigenvalue weighted by molar-refractivity contribution is 7.92. The molecule has 32 heavy (non-hydrogen) atoms. The zero-order valence-electron chi connectivity index (χ0n) is 18.6. The van der Waals surface area contributed by atoms with Crippen LogP contribution in [0.2, 0.25) is 5.02 Å². The minimum Gasteiger partial charge on any atom is -0.354 e. The molecule has 1 N–H and O–H groups in total. The molecule has 1 unspecified atom stereocenters. The summed E-state index contributed by atoms with van der Waals surface area (Å²) in [5.74, 6) is -0.743. The highest BCUT2D eigenvalue weighted by Crippen LogP contribution is 2.22. The maximum atomic E-state index is 13.3. The highest BCUT2D eigenvalue weighted by atomic mass is 35.5. The lowest BCUT2D eigenvalue weighted by Crippen LogP contribution is -2.52. The van der Waals surface area contributed by atoms with Gasteiger partial charge in [-0.25, -0.2) is 8.42 Å². The van der Waals surface area contributed by atoms with Gasteiger partial charge in [-0.3, -0.25) is 13.9 Å². The Balaban J connectivity index is 2.28. The molecule has 0 fully saturated rings. The van der Waals surface area contributed by atoms with Crippen LogP contribution in [0, 0.1) is 0 Å². The van der Waals surface area contributed by atoms with Gasteiger partial charge in [-0.2, -0.15) is 0 Å². The lowest BCUT2D eigenvalue weighted by atomic mass is 10.1. The van der Waals surface area contributed by atoms with Crippen molar-refractivity contribution < 1.29 is 18.0 Å². The summed E-state index contributed by atoms with van der Waals surface area (Å²) in [6.45, 7) is 3.94. The molecule has 0 saturated carbocycles. The third-order valence-corrected chi connectivity index (χ3v) is 6.35. The van der Waals surface area contributed by atoms with Gasteiger partial charge in [0, 0.05) is 18.1 Å². The number of anilines is 1. The molecule has 174 valence electrons. The van der Waals surface area contributed by atoms with Gasteiger partial charge < -0.3 is 10.2 Å². The first-order valence-electron chi connectivity index (χ1n) is 10.5. The van der Waals surface area contributed by atoms with Gasteiger partial charge in [-0.1, -0.05) is 54.9 Å². The summed E-state index contributed by atoms with van der Waals surface area (Å²) < 4.78 is 25.9. The Labute approximate surface area is 195 Å². The second-order valence-electron chi connectivity index (χ2n) is 7.54. The van der Waals surface area contributed by atoms with E-state index in [2.05, 4.69) is 5.32 Å². The Morgan fingerprint density at radius 3 is 2.38 bits per heavy atom. The van der Waals surface area contributed by atoms with E-state index in [1.807, 2.05) is 37.3 Å². The summed E-state index contributed by atoms with van der Waals surface area (Å²) in [7, 11) is -3.76. The molecule has 0 bridgehead atoms. The van der Waals surface area contributed by atoms with E-state index in [-0.39, 0.29) is 12.5 Å². The largest absolute Gasteiger partial charge is 0.354 e. The zero-order chi connectivity index (χ0) is 23.7. The van der Waals surface area contributed by atoms with Crippen molar-refractivity contribution in [2.75, 3.05) is 30.2 Å². The normalized spacial score (nSPS) is 12.1. The summed E-state index contributed by atoms with van der Waals surface area (Å²) in [6.07, 6.45) is 2.34. The molecule has 1 atom stereocenters. The quantitative estimate of drug-likeness (QED) is 0.536. The maximum Gasteiger partial charge on any atom is 0.244 e. The molecule has 2 amide bonds. The highest BCUT2D eigenvalue weighted by Gasteiger charge is 2.29. The first-order valence-corrected chi connectivity index (χ1v) is 12.7. The number of nitrogens with one attached hydrogen (secondary N) is 1. The molecule has 9 heteroatoms. The van der Waals surface area contributed by atoms with Crippen molar-refractivity contribution in [1.29, 1.82) is 0 Å². The van der Waals surface area contributed by atoms with Gasteiger partial charge in [0.25, 0.3) is 0 Å². The van der Waals surface area contributed by atoms with E-state index >= 15 is 0 Å². The monoisotopic (exact) mass is 479 g/mol. The number of carbonyl (C=O) groups excluding carboxylic acids is 2. The van der Waals surface area contributed by atoms with Crippen LogP contribution in [0.3, 0.4) is 0 Å². The summed E-state index contributed by atoms with van der Waals surface area (Å²) in [4.78, 5) is 27.3. The van der Waals surface area contributed by atoms with Crippen LogP contribution in [0.15, 0.2) is 54.6 Å². The van der Waals surface area contributed by atoms with Crippen molar-refractivity contribution in [3.8, 4) is 0 Å². The molecule has 0 spiro atoms. The molecule has 7 nitrogen and oxygen atoms in total. The molecule has 0 aliphatic heterocycles. The average Bonchev–Trinajstić information content (AvgIpc) is 2.75. The molecule has 0 aliphatic carbocycles. The van der Waals surface area contributed by atoms with Crippen LogP contribution >= 0.6 is 11.6 Å². The summed E-state index contributed by atoms with van der Waals surface area (Å²) in [5.41, 5.74) is 1.31. The summed E-state index contributed by atoms with van der Waals surface area (Å²) >= 11 is 6.03. The first-order chi connectivity index (χ1) is 15.1. The Kier molecular flexibility index (Phi) is 9.53. The predicted octanol–water partition coefficient (Wildman–Crippen LogP) is 3.09. The number of benzene rings is 2. The van der Waals surface area contributed by atoms with Crippen LogP contribution in [0.5, 0.6) is 0 Å². The topological polar surface area (TPSA) is 86.8 Å². The van der Waals surface area contributed by atoms with E-state index < -0.39 is 28.5 Å². The van der Waals surface area contributed by atoms with Gasteiger partial charge in [-0.05, 0) is 43.5 Å². The number of hydrogen-bond acceptors (Lipinski definition) is 4. The minimum atomic E-state index is -3.76. The van der Waals surface area contributed by atoms with Crippen LogP contribution < -0.4 is 9.62 Å². The maximum absolute atomic E-state index is 13.3. The molecule has 2 rings (SSSR count). The predicted molar refractivity (Wildman–Crippen MR) is 128 cm³/mol. The van der Waals surface area contributed by atoms with Crippen molar-refractivity contribution in [3.63, 3.8) is 0 Å². The number of hydrogen-bond donors (Lipinski definition) is 1. The summed E-state index contributed by atoms with van der Waals surface area (Å²) in [5, 5.41) is 3.16. The van der Waals surface area contributed by atoms with E-state index in [4.69, 9.17) is 11.6 Å². The molecule has 0 aromatic heterocycles. The third-order valence-electron chi connectivity index (χ3n) is 4.98. The van der Waals surface area contributed by atoms with Crippen LogP contribution in [0.25, 0.3) is 0 Å². The van der Waals surface area contributed by atoms with Crippen LogP contribution in [0.4, 0.5) is 5.69 Å². The number of rotatable bonds is 11. The molecule has 2 aromatic carbocycles. The fourth-order valence-electron chi connectivity index (χ4n) is 3.21. The van der Waals surface area contributed by atoms with Gasteiger partial charge in [0.15, 0.2) is 0 Å². The lowest BCUT2D eigenvalue weighted by Gasteiger charge is -2.31. The first kappa shape index (κ1) is 25.7. The van der Waals surface area contributed by atoms with Crippen molar-refractivity contribution in [1.82, 2.24) is 10.2 Å². The number of carbonyl (C=O) groups is 2. The Bertz CT molecular complexity index is 1010. The van der Waals surface area contributed by atoms with E-state index in [0.717, 1.165) is 22.5 Å². The Morgan fingerprint density at radius 2 is 1.78 bits per heavy atom. The lowest BCUT2D eigenvalue weighted by molar-refractivity contribution is -0.138. The van der Waals surface area contributed by atoms with E-state index in [9.17, 15) is 18.0 Å². The number of sulfonamides is 1. The van der Waals surface area contributed by atoms with Crippen molar-refractivity contribution in [2.45, 2.75) is 32.7 Å². The van der Waals surface area contributed by atoms with Crippen LogP contribution in [0.1, 0.15) is 25.8 Å². The molecule has 2 aromatic rings. The van der Waals surface area contributed by atoms with Crippen molar-refractivity contribution in [3.05, 3.63) is 65.2 Å². The van der Waals surface area contributed by atoms with E-state index in [1.54, 1.807) is 25.1 Å². The smallest absolute Gasteiger partial charge is 0.244 e. The number of nitrogens with zero attached hydrogens (tertiary/aromatic N) is 2.